The third-order valence-corrected chi connectivity index (χ3v) is 4.50. The molecule has 1 aromatic rings. The number of carbonyl (C=O) groups is 1. The van der Waals surface area contributed by atoms with Crippen LogP contribution in [0.5, 0.6) is 0 Å². The Bertz CT molecular complexity index is 562. The number of benzene rings is 1. The van der Waals surface area contributed by atoms with Gasteiger partial charge in [0, 0.05) is 6.54 Å². The molecule has 1 aliphatic heterocycles. The highest BCUT2D eigenvalue weighted by Gasteiger charge is 2.24. The second kappa shape index (κ2) is 6.75. The van der Waals surface area contributed by atoms with Crippen LogP contribution in [0.25, 0.3) is 0 Å². The molecule has 21 heavy (non-hydrogen) atoms. The summed E-state index contributed by atoms with van der Waals surface area (Å²) in [5.41, 5.74) is 4.33. The van der Waals surface area contributed by atoms with Crippen molar-refractivity contribution in [1.29, 1.82) is 0 Å². The number of amides is 1. The fourth-order valence-electron chi connectivity index (χ4n) is 2.20. The fraction of sp³-hybridized carbons (Fsp3) is 0.462. The lowest BCUT2D eigenvalue weighted by atomic mass is 10.0. The Hall–Kier alpha value is -1.83. The molecule has 0 bridgehead atoms. The molecule has 1 saturated heterocycles. The number of nitrogens with one attached hydrogen (secondary N) is 1. The minimum absolute atomic E-state index is 0.205. The Morgan fingerprint density at radius 3 is 2.76 bits per heavy atom. The average molecular weight is 313 g/mol. The minimum Gasteiger partial charge on any atom is -0.396 e. The third-order valence-electron chi connectivity index (χ3n) is 3.45. The van der Waals surface area contributed by atoms with Crippen LogP contribution in [0.2, 0.25) is 0 Å². The van der Waals surface area contributed by atoms with Gasteiger partial charge in [0.1, 0.15) is 5.56 Å². The standard InChI is InChI=1S/C13H16FN3O3S/c14-10-6-12(17(19)20)9(5-11(10)15)13(18)16-7-8-1-3-21-4-2-8/h5-6,8H,1-4,7,15H2,(H,16,18). The molecule has 1 aromatic carbocycles. The van der Waals surface area contributed by atoms with Crippen molar-refractivity contribution in [3.63, 3.8) is 0 Å². The first-order chi connectivity index (χ1) is 9.99. The van der Waals surface area contributed by atoms with Crippen LogP contribution in [-0.4, -0.2) is 28.9 Å². The van der Waals surface area contributed by atoms with E-state index in [4.69, 9.17) is 5.73 Å². The molecule has 0 unspecified atom stereocenters. The number of hydrogen-bond donors (Lipinski definition) is 2. The molecular weight excluding hydrogens is 297 g/mol. The van der Waals surface area contributed by atoms with Gasteiger partial charge in [0.05, 0.1) is 16.7 Å². The lowest BCUT2D eigenvalue weighted by Gasteiger charge is -2.21. The highest BCUT2D eigenvalue weighted by Crippen LogP contribution is 2.25. The molecule has 2 rings (SSSR count). The molecule has 6 nitrogen and oxygen atoms in total. The van der Waals surface area contributed by atoms with Gasteiger partial charge in [0.15, 0.2) is 5.82 Å². The number of thioether (sulfide) groups is 1. The summed E-state index contributed by atoms with van der Waals surface area (Å²) in [5.74, 6) is 1.01. The first kappa shape index (κ1) is 15.6. The van der Waals surface area contributed by atoms with E-state index >= 15 is 0 Å². The second-order valence-electron chi connectivity index (χ2n) is 4.91. The van der Waals surface area contributed by atoms with E-state index in [1.807, 2.05) is 11.8 Å². The molecule has 3 N–H and O–H groups in total. The van der Waals surface area contributed by atoms with Gasteiger partial charge < -0.3 is 11.1 Å². The number of nitro benzene ring substituents is 1. The zero-order valence-corrected chi connectivity index (χ0v) is 12.1. The molecule has 0 atom stereocenters. The van der Waals surface area contributed by atoms with Crippen molar-refractivity contribution in [3.05, 3.63) is 33.6 Å². The average Bonchev–Trinajstić information content (AvgIpc) is 2.48. The monoisotopic (exact) mass is 313 g/mol. The van der Waals surface area contributed by atoms with Crippen molar-refractivity contribution in [2.45, 2.75) is 12.8 Å². The number of nitrogens with zero attached hydrogens (tertiary/aromatic N) is 1. The van der Waals surface area contributed by atoms with Gasteiger partial charge in [0.2, 0.25) is 0 Å². The van der Waals surface area contributed by atoms with Crippen molar-refractivity contribution in [3.8, 4) is 0 Å². The van der Waals surface area contributed by atoms with Crippen LogP contribution in [0, 0.1) is 21.8 Å². The molecule has 1 aliphatic rings. The van der Waals surface area contributed by atoms with Gasteiger partial charge >= 0.3 is 0 Å². The number of anilines is 1. The Morgan fingerprint density at radius 1 is 1.48 bits per heavy atom. The van der Waals surface area contributed by atoms with Gasteiger partial charge in [-0.1, -0.05) is 0 Å². The van der Waals surface area contributed by atoms with Crippen LogP contribution < -0.4 is 11.1 Å². The third kappa shape index (κ3) is 3.84. The maximum atomic E-state index is 13.3. The van der Waals surface area contributed by atoms with Crippen molar-refractivity contribution in [2.75, 3.05) is 23.8 Å². The maximum absolute atomic E-state index is 13.3. The summed E-state index contributed by atoms with van der Waals surface area (Å²) in [5, 5.41) is 13.6. The first-order valence-electron chi connectivity index (χ1n) is 6.58. The molecule has 0 saturated carbocycles. The number of nitro groups is 1. The van der Waals surface area contributed by atoms with E-state index in [1.54, 1.807) is 0 Å². The summed E-state index contributed by atoms with van der Waals surface area (Å²) in [4.78, 5) is 22.2. The van der Waals surface area contributed by atoms with Crippen LogP contribution in [0.1, 0.15) is 23.2 Å². The summed E-state index contributed by atoms with van der Waals surface area (Å²) >= 11 is 1.88. The quantitative estimate of drug-likeness (QED) is 0.504. The molecule has 1 heterocycles. The van der Waals surface area contributed by atoms with E-state index < -0.39 is 22.3 Å². The van der Waals surface area contributed by atoms with Crippen LogP contribution in [0.4, 0.5) is 15.8 Å². The predicted molar refractivity (Wildman–Crippen MR) is 79.8 cm³/mol. The van der Waals surface area contributed by atoms with E-state index in [-0.39, 0.29) is 11.3 Å². The normalized spacial score (nSPS) is 15.7. The van der Waals surface area contributed by atoms with E-state index in [2.05, 4.69) is 5.32 Å². The summed E-state index contributed by atoms with van der Waals surface area (Å²) < 4.78 is 13.3. The number of rotatable bonds is 4. The van der Waals surface area contributed by atoms with E-state index in [9.17, 15) is 19.3 Å². The van der Waals surface area contributed by atoms with Gasteiger partial charge in [-0.05, 0) is 36.3 Å². The Labute approximate surface area is 125 Å². The predicted octanol–water partition coefficient (Wildman–Crippen LogP) is 2.19. The SMILES string of the molecule is Nc1cc(C(=O)NCC2CCSCC2)c([N+](=O)[O-])cc1F. The van der Waals surface area contributed by atoms with Crippen molar-refractivity contribution >= 4 is 29.0 Å². The van der Waals surface area contributed by atoms with Crippen molar-refractivity contribution < 1.29 is 14.1 Å². The van der Waals surface area contributed by atoms with Gasteiger partial charge in [-0.25, -0.2) is 4.39 Å². The van der Waals surface area contributed by atoms with Gasteiger partial charge in [0.25, 0.3) is 11.6 Å². The lowest BCUT2D eigenvalue weighted by Crippen LogP contribution is -2.31. The minimum atomic E-state index is -0.900. The maximum Gasteiger partial charge on any atom is 0.285 e. The van der Waals surface area contributed by atoms with Gasteiger partial charge in [-0.3, -0.25) is 14.9 Å². The number of nitrogens with two attached hydrogens (primary N) is 1. The molecule has 0 aromatic heterocycles. The summed E-state index contributed by atoms with van der Waals surface area (Å²) in [6, 6.07) is 1.70. The molecule has 0 spiro atoms. The molecule has 114 valence electrons. The Balaban J connectivity index is 2.10. The number of carbonyl (C=O) groups excluding carboxylic acids is 1. The van der Waals surface area contributed by atoms with E-state index in [1.165, 1.54) is 0 Å². The molecule has 0 radical (unpaired) electrons. The second-order valence-corrected chi connectivity index (χ2v) is 6.14. The number of hydrogen-bond acceptors (Lipinski definition) is 5. The fourth-order valence-corrected chi connectivity index (χ4v) is 3.40. The topological polar surface area (TPSA) is 98.3 Å². The summed E-state index contributed by atoms with van der Waals surface area (Å²) in [6.07, 6.45) is 2.02. The number of nitrogen functional groups attached to an aromatic ring is 1. The van der Waals surface area contributed by atoms with Crippen molar-refractivity contribution in [2.24, 2.45) is 5.92 Å². The van der Waals surface area contributed by atoms with E-state index in [0.29, 0.717) is 18.5 Å². The highest BCUT2D eigenvalue weighted by molar-refractivity contribution is 7.99. The lowest BCUT2D eigenvalue weighted by molar-refractivity contribution is -0.385. The number of halogens is 1. The Kier molecular flexibility index (Phi) is 5.00. The molecule has 8 heteroatoms. The molecule has 1 fully saturated rings. The summed E-state index contributed by atoms with van der Waals surface area (Å²) in [6.45, 7) is 0.466. The largest absolute Gasteiger partial charge is 0.396 e. The Morgan fingerprint density at radius 2 is 2.14 bits per heavy atom. The molecule has 1 amide bonds. The summed E-state index contributed by atoms with van der Waals surface area (Å²) in [7, 11) is 0. The van der Waals surface area contributed by atoms with Crippen LogP contribution >= 0.6 is 11.8 Å². The van der Waals surface area contributed by atoms with Crippen LogP contribution in [-0.2, 0) is 0 Å². The van der Waals surface area contributed by atoms with Crippen molar-refractivity contribution in [1.82, 2.24) is 5.32 Å². The first-order valence-corrected chi connectivity index (χ1v) is 7.74. The highest BCUT2D eigenvalue weighted by atomic mass is 32.2. The van der Waals surface area contributed by atoms with Crippen LogP contribution in [0.15, 0.2) is 12.1 Å². The van der Waals surface area contributed by atoms with Crippen LogP contribution in [0.3, 0.4) is 0 Å². The zero-order chi connectivity index (χ0) is 15.4. The van der Waals surface area contributed by atoms with E-state index in [0.717, 1.165) is 30.4 Å². The zero-order valence-electron chi connectivity index (χ0n) is 11.3. The molecular formula is C13H16FN3O3S. The van der Waals surface area contributed by atoms with Gasteiger partial charge in [-0.15, -0.1) is 0 Å². The molecule has 0 aliphatic carbocycles. The smallest absolute Gasteiger partial charge is 0.285 e. The van der Waals surface area contributed by atoms with Gasteiger partial charge in [-0.2, -0.15) is 11.8 Å².